The number of benzene rings is 1. The molecule has 1 amide bonds. The number of nitro benzene ring substituents is 1. The van der Waals surface area contributed by atoms with Gasteiger partial charge < -0.3 is 14.9 Å². The minimum Gasteiger partial charge on any atom is -0.604 e. The number of nitro groups is 1. The molecule has 1 heterocycles. The van der Waals surface area contributed by atoms with Crippen LogP contribution in [0, 0.1) is 10.1 Å². The maximum Gasteiger partial charge on any atom is 0.403 e. The van der Waals surface area contributed by atoms with Crippen molar-refractivity contribution in [3.05, 3.63) is 51.6 Å². The molecule has 1 aromatic rings. The molecule has 0 radical (unpaired) electrons. The van der Waals surface area contributed by atoms with Crippen LogP contribution in [0.25, 0.3) is 0 Å². The van der Waals surface area contributed by atoms with Crippen molar-refractivity contribution in [2.75, 3.05) is 0 Å². The molecule has 0 aromatic heterocycles. The van der Waals surface area contributed by atoms with E-state index < -0.39 is 28.4 Å². The molecule has 0 saturated carbocycles. The summed E-state index contributed by atoms with van der Waals surface area (Å²) >= 11 is 0. The molecule has 22 heavy (non-hydrogen) atoms. The average molecular weight is 306 g/mol. The Bertz CT molecular complexity index is 704. The number of nitrogens with zero attached hydrogens (tertiary/aromatic N) is 2. The molecule has 9 heteroatoms. The van der Waals surface area contributed by atoms with Crippen LogP contribution in [0.3, 0.4) is 0 Å². The van der Waals surface area contributed by atoms with Gasteiger partial charge in [-0.25, -0.2) is 9.59 Å². The van der Waals surface area contributed by atoms with Crippen LogP contribution in [-0.2, 0) is 20.9 Å². The number of hydrogen-bond acceptors (Lipinski definition) is 6. The van der Waals surface area contributed by atoms with E-state index in [2.05, 4.69) is 0 Å². The Morgan fingerprint density at radius 3 is 2.41 bits per heavy atom. The highest BCUT2D eigenvalue weighted by Gasteiger charge is 2.36. The normalized spacial score (nSPS) is 14.5. The lowest BCUT2D eigenvalue weighted by atomic mass is 10.2. The van der Waals surface area contributed by atoms with Gasteiger partial charge in [0.25, 0.3) is 5.69 Å². The number of aliphatic carboxylic acids is 1. The van der Waals surface area contributed by atoms with E-state index in [1.165, 1.54) is 30.5 Å². The molecule has 1 N–H and O–H groups in total. The molecule has 0 bridgehead atoms. The number of hydrogen-bond donors (Lipinski definition) is 1. The summed E-state index contributed by atoms with van der Waals surface area (Å²) in [5.74, 6) is -3.24. The van der Waals surface area contributed by atoms with Crippen LogP contribution in [0.1, 0.15) is 12.0 Å². The Balaban J connectivity index is 2.11. The number of amides is 1. The van der Waals surface area contributed by atoms with E-state index in [4.69, 9.17) is 9.84 Å². The zero-order valence-electron chi connectivity index (χ0n) is 11.1. The molecule has 114 valence electrons. The van der Waals surface area contributed by atoms with Crippen molar-refractivity contribution in [3.8, 4) is 0 Å². The van der Waals surface area contributed by atoms with E-state index in [9.17, 15) is 24.8 Å². The van der Waals surface area contributed by atoms with Crippen LogP contribution < -0.4 is 5.11 Å². The van der Waals surface area contributed by atoms with Crippen LogP contribution in [0.15, 0.2) is 35.9 Å². The summed E-state index contributed by atoms with van der Waals surface area (Å²) in [4.78, 5) is 32.1. The fraction of sp³-hybridized carbons (Fsp3) is 0.154. The highest BCUT2D eigenvalue weighted by atomic mass is 16.6. The quantitative estimate of drug-likeness (QED) is 0.251. The van der Waals surface area contributed by atoms with E-state index in [-0.39, 0.29) is 18.7 Å². The predicted molar refractivity (Wildman–Crippen MR) is 68.5 cm³/mol. The summed E-state index contributed by atoms with van der Waals surface area (Å²) in [7, 11) is 0. The Morgan fingerprint density at radius 2 is 2.00 bits per heavy atom. The topological polar surface area (TPSA) is 133 Å². The van der Waals surface area contributed by atoms with Gasteiger partial charge in [0, 0.05) is 18.7 Å². The van der Waals surface area contributed by atoms with Crippen molar-refractivity contribution in [1.82, 2.24) is 0 Å². The molecule has 1 aromatic carbocycles. The third-order valence-electron chi connectivity index (χ3n) is 2.87. The van der Waals surface area contributed by atoms with Gasteiger partial charge >= 0.3 is 17.6 Å². The first-order chi connectivity index (χ1) is 10.4. The zero-order chi connectivity index (χ0) is 16.3. The predicted octanol–water partition coefficient (Wildman–Crippen LogP) is -0.261. The second kappa shape index (κ2) is 6.04. The number of carboxylic acid groups (broad SMARTS) is 1. The Morgan fingerprint density at radius 1 is 1.36 bits per heavy atom. The number of carbonyl (C=O) groups is 2. The minimum absolute atomic E-state index is 0.0619. The second-order valence-corrected chi connectivity index (χ2v) is 4.30. The van der Waals surface area contributed by atoms with E-state index in [1.807, 2.05) is 0 Å². The lowest BCUT2D eigenvalue weighted by molar-refractivity contribution is -0.441. The molecule has 9 nitrogen and oxygen atoms in total. The van der Waals surface area contributed by atoms with Gasteiger partial charge in [-0.3, -0.25) is 10.1 Å². The number of carbonyl (C=O) groups excluding carboxylic acids is 1. The highest BCUT2D eigenvalue weighted by molar-refractivity contribution is 5.97. The fourth-order valence-corrected chi connectivity index (χ4v) is 1.69. The maximum absolute atomic E-state index is 11.8. The van der Waals surface area contributed by atoms with Crippen molar-refractivity contribution in [3.63, 3.8) is 0 Å². The minimum atomic E-state index is -1.57. The monoisotopic (exact) mass is 306 g/mol. The lowest BCUT2D eigenvalue weighted by Gasteiger charge is -2.17. The Hall–Kier alpha value is -3.23. The summed E-state index contributed by atoms with van der Waals surface area (Å²) < 4.78 is 5.54. The van der Waals surface area contributed by atoms with Gasteiger partial charge in [-0.1, -0.05) is 12.1 Å². The molecule has 2 rings (SSSR count). The first-order valence-corrected chi connectivity index (χ1v) is 6.06. The van der Waals surface area contributed by atoms with Crippen LogP contribution in [-0.4, -0.2) is 32.7 Å². The third kappa shape index (κ3) is 3.08. The number of non-ortho nitro benzene ring substituents is 1. The molecule has 0 fully saturated rings. The largest absolute Gasteiger partial charge is 0.604 e. The first kappa shape index (κ1) is 15.2. The van der Waals surface area contributed by atoms with Gasteiger partial charge in [-0.15, -0.1) is 4.58 Å². The molecule has 0 aliphatic carbocycles. The van der Waals surface area contributed by atoms with Gasteiger partial charge in [0.05, 0.1) is 4.92 Å². The van der Waals surface area contributed by atoms with Gasteiger partial charge in [-0.2, -0.15) is 0 Å². The highest BCUT2D eigenvalue weighted by Crippen LogP contribution is 2.15. The zero-order valence-corrected chi connectivity index (χ0v) is 11.1. The number of carboxylic acids is 1. The Kier molecular flexibility index (Phi) is 4.16. The van der Waals surface area contributed by atoms with Crippen molar-refractivity contribution in [1.29, 1.82) is 0 Å². The lowest BCUT2D eigenvalue weighted by Crippen LogP contribution is -2.37. The van der Waals surface area contributed by atoms with Crippen LogP contribution in [0.2, 0.25) is 0 Å². The SMILES string of the molecule is O=C(O)/C(=C(/[O-])OCc1ccc([N+](=O)[O-])cc1)[N+]1=CCC1=O. The average Bonchev–Trinajstić information content (AvgIpc) is 2.48. The smallest absolute Gasteiger partial charge is 0.403 e. The maximum atomic E-state index is 11.8. The van der Waals surface area contributed by atoms with Crippen LogP contribution in [0.5, 0.6) is 0 Å². The van der Waals surface area contributed by atoms with Gasteiger partial charge in [0.1, 0.15) is 5.95 Å². The molecule has 1 aliphatic rings. The number of rotatable bonds is 6. The van der Waals surface area contributed by atoms with Gasteiger partial charge in [0.15, 0.2) is 12.6 Å². The molecule has 0 saturated heterocycles. The van der Waals surface area contributed by atoms with Crippen LogP contribution >= 0.6 is 0 Å². The molecule has 0 spiro atoms. The summed E-state index contributed by atoms with van der Waals surface area (Å²) in [6.07, 6.45) is 1.32. The van der Waals surface area contributed by atoms with E-state index in [0.717, 1.165) is 4.58 Å². The molecule has 0 unspecified atom stereocenters. The summed E-state index contributed by atoms with van der Waals surface area (Å²) in [6, 6.07) is 5.23. The molecular weight excluding hydrogens is 296 g/mol. The van der Waals surface area contributed by atoms with Crippen molar-refractivity contribution < 1.29 is 34.0 Å². The number of ether oxygens (including phenoxy) is 1. The molecular formula is C13H10N2O7. The van der Waals surface area contributed by atoms with Gasteiger partial charge in [-0.05, 0) is 5.56 Å². The van der Waals surface area contributed by atoms with Crippen molar-refractivity contribution in [2.45, 2.75) is 13.0 Å². The summed E-state index contributed by atoms with van der Waals surface area (Å²) in [5.41, 5.74) is -0.450. The van der Waals surface area contributed by atoms with Gasteiger partial charge in [0.2, 0.25) is 0 Å². The molecule has 1 aliphatic heterocycles. The van der Waals surface area contributed by atoms with E-state index in [1.54, 1.807) is 0 Å². The standard InChI is InChI=1S/C13H10N2O7/c16-10-5-6-14(10)11(12(17)18)13(19)22-7-8-1-3-9(4-2-8)15(20)21/h1-4,6H,5,7H2,(H-,17,18,19)/b13-11+. The second-order valence-electron chi connectivity index (χ2n) is 4.30. The third-order valence-corrected chi connectivity index (χ3v) is 2.87. The Labute approximate surface area is 123 Å². The van der Waals surface area contributed by atoms with Crippen molar-refractivity contribution >= 4 is 23.8 Å². The first-order valence-electron chi connectivity index (χ1n) is 6.06. The fourth-order valence-electron chi connectivity index (χ4n) is 1.69. The molecule has 0 atom stereocenters. The van der Waals surface area contributed by atoms with E-state index >= 15 is 0 Å². The van der Waals surface area contributed by atoms with Crippen molar-refractivity contribution in [2.24, 2.45) is 0 Å². The van der Waals surface area contributed by atoms with Crippen LogP contribution in [0.4, 0.5) is 5.69 Å². The summed E-state index contributed by atoms with van der Waals surface area (Å²) in [6.45, 7) is -0.268. The summed E-state index contributed by atoms with van der Waals surface area (Å²) in [5, 5.41) is 31.2. The van der Waals surface area contributed by atoms with E-state index in [0.29, 0.717) is 5.56 Å².